The number of benzene rings is 3. The Bertz CT molecular complexity index is 955. The quantitative estimate of drug-likeness (QED) is 0.664. The van der Waals surface area contributed by atoms with E-state index in [0.717, 1.165) is 28.9 Å². The van der Waals surface area contributed by atoms with E-state index in [-0.39, 0.29) is 18.5 Å². The lowest BCUT2D eigenvalue weighted by atomic mass is 9.98. The molecule has 1 heterocycles. The monoisotopic (exact) mass is 369 g/mol. The molecule has 140 valence electrons. The highest BCUT2D eigenvalue weighted by atomic mass is 16.2. The number of hydrazone groups is 1. The van der Waals surface area contributed by atoms with Crippen LogP contribution >= 0.6 is 0 Å². The van der Waals surface area contributed by atoms with Gasteiger partial charge in [-0.3, -0.25) is 4.79 Å². The molecule has 4 nitrogen and oxygen atoms in total. The van der Waals surface area contributed by atoms with Crippen molar-refractivity contribution in [1.82, 2.24) is 5.01 Å². The summed E-state index contributed by atoms with van der Waals surface area (Å²) >= 11 is 0. The fraction of sp³-hybridized carbons (Fsp3) is 0.167. The molecule has 4 heteroatoms. The SMILES string of the molecule is CN(CC(=O)N1N=C(c2ccccc2)CC1c1ccccc1)c1ccccc1. The molecule has 0 aromatic heterocycles. The minimum absolute atomic E-state index is 0.00821. The number of hydrogen-bond acceptors (Lipinski definition) is 3. The number of hydrogen-bond donors (Lipinski definition) is 0. The Labute approximate surface area is 165 Å². The standard InChI is InChI=1S/C24H23N3O/c1-26(21-15-9-4-10-16-21)18-24(28)27-23(20-13-7-3-8-14-20)17-22(25-27)19-11-5-2-6-12-19/h2-16,23H,17-18H2,1H3. The maximum Gasteiger partial charge on any atom is 0.262 e. The number of carbonyl (C=O) groups excluding carboxylic acids is 1. The third kappa shape index (κ3) is 3.81. The van der Waals surface area contributed by atoms with Crippen molar-refractivity contribution in [3.8, 4) is 0 Å². The van der Waals surface area contributed by atoms with Crippen molar-refractivity contribution >= 4 is 17.3 Å². The van der Waals surface area contributed by atoms with E-state index in [2.05, 4.69) is 12.1 Å². The van der Waals surface area contributed by atoms with E-state index in [1.807, 2.05) is 90.8 Å². The van der Waals surface area contributed by atoms with Gasteiger partial charge in [-0.2, -0.15) is 5.10 Å². The van der Waals surface area contributed by atoms with Crippen LogP contribution in [0.25, 0.3) is 0 Å². The zero-order valence-electron chi connectivity index (χ0n) is 15.9. The molecule has 0 fully saturated rings. The van der Waals surface area contributed by atoms with Crippen LogP contribution in [0.3, 0.4) is 0 Å². The first-order chi connectivity index (χ1) is 13.7. The first kappa shape index (κ1) is 18.0. The Morgan fingerprint density at radius 2 is 1.50 bits per heavy atom. The maximum atomic E-state index is 13.2. The highest BCUT2D eigenvalue weighted by Crippen LogP contribution is 2.32. The largest absolute Gasteiger partial charge is 0.365 e. The molecule has 1 amide bonds. The summed E-state index contributed by atoms with van der Waals surface area (Å²) in [6.45, 7) is 0.277. The minimum atomic E-state index is -0.0759. The summed E-state index contributed by atoms with van der Waals surface area (Å²) in [7, 11) is 1.93. The molecule has 0 saturated carbocycles. The summed E-state index contributed by atoms with van der Waals surface area (Å²) in [6.07, 6.45) is 0.717. The fourth-order valence-corrected chi connectivity index (χ4v) is 3.53. The molecule has 3 aromatic rings. The zero-order chi connectivity index (χ0) is 19.3. The fourth-order valence-electron chi connectivity index (χ4n) is 3.53. The van der Waals surface area contributed by atoms with Crippen LogP contribution in [0.4, 0.5) is 5.69 Å². The van der Waals surface area contributed by atoms with Crippen molar-refractivity contribution in [1.29, 1.82) is 0 Å². The van der Waals surface area contributed by atoms with Crippen LogP contribution in [0.2, 0.25) is 0 Å². The van der Waals surface area contributed by atoms with Crippen LogP contribution < -0.4 is 4.90 Å². The van der Waals surface area contributed by atoms with Gasteiger partial charge in [-0.05, 0) is 23.3 Å². The van der Waals surface area contributed by atoms with Crippen LogP contribution in [-0.2, 0) is 4.79 Å². The molecule has 0 bridgehead atoms. The average molecular weight is 369 g/mol. The van der Waals surface area contributed by atoms with E-state index in [4.69, 9.17) is 5.10 Å². The normalized spacial score (nSPS) is 16.0. The molecule has 0 N–H and O–H groups in total. The Balaban J connectivity index is 1.60. The van der Waals surface area contributed by atoms with Crippen molar-refractivity contribution in [2.45, 2.75) is 12.5 Å². The molecule has 1 unspecified atom stereocenters. The molecule has 4 rings (SSSR count). The lowest BCUT2D eigenvalue weighted by molar-refractivity contribution is -0.131. The number of carbonyl (C=O) groups is 1. The van der Waals surface area contributed by atoms with Crippen molar-refractivity contribution in [3.63, 3.8) is 0 Å². The summed E-state index contributed by atoms with van der Waals surface area (Å²) < 4.78 is 0. The first-order valence-corrected chi connectivity index (χ1v) is 9.48. The highest BCUT2D eigenvalue weighted by molar-refractivity contribution is 6.03. The van der Waals surface area contributed by atoms with Gasteiger partial charge in [0.15, 0.2) is 0 Å². The summed E-state index contributed by atoms with van der Waals surface area (Å²) in [5.41, 5.74) is 4.13. The molecule has 1 aliphatic rings. The van der Waals surface area contributed by atoms with Gasteiger partial charge in [0.1, 0.15) is 0 Å². The molecular weight excluding hydrogens is 346 g/mol. The van der Waals surface area contributed by atoms with Gasteiger partial charge in [0, 0.05) is 19.2 Å². The van der Waals surface area contributed by atoms with Crippen molar-refractivity contribution in [2.24, 2.45) is 5.10 Å². The molecular formula is C24H23N3O. The van der Waals surface area contributed by atoms with Crippen LogP contribution in [0.15, 0.2) is 96.1 Å². The first-order valence-electron chi connectivity index (χ1n) is 9.48. The Morgan fingerprint density at radius 3 is 2.14 bits per heavy atom. The molecule has 0 aliphatic carbocycles. The van der Waals surface area contributed by atoms with Gasteiger partial charge in [-0.15, -0.1) is 0 Å². The van der Waals surface area contributed by atoms with E-state index >= 15 is 0 Å². The molecule has 0 radical (unpaired) electrons. The van der Waals surface area contributed by atoms with Gasteiger partial charge in [0.05, 0.1) is 18.3 Å². The van der Waals surface area contributed by atoms with Crippen LogP contribution in [-0.4, -0.2) is 30.2 Å². The number of amides is 1. The molecule has 0 spiro atoms. The van der Waals surface area contributed by atoms with Crippen LogP contribution in [0.5, 0.6) is 0 Å². The van der Waals surface area contributed by atoms with E-state index in [0.29, 0.717) is 0 Å². The van der Waals surface area contributed by atoms with E-state index in [1.54, 1.807) is 5.01 Å². The number of likely N-dealkylation sites (N-methyl/N-ethyl adjacent to an activating group) is 1. The second-order valence-corrected chi connectivity index (χ2v) is 6.97. The second kappa shape index (κ2) is 8.09. The zero-order valence-corrected chi connectivity index (χ0v) is 15.9. The minimum Gasteiger partial charge on any atom is -0.365 e. The van der Waals surface area contributed by atoms with Crippen LogP contribution in [0, 0.1) is 0 Å². The second-order valence-electron chi connectivity index (χ2n) is 6.97. The third-order valence-electron chi connectivity index (χ3n) is 5.03. The third-order valence-corrected chi connectivity index (χ3v) is 5.03. The number of nitrogens with zero attached hydrogens (tertiary/aromatic N) is 3. The summed E-state index contributed by atoms with van der Waals surface area (Å²) in [4.78, 5) is 15.1. The van der Waals surface area contributed by atoms with Gasteiger partial charge in [0.2, 0.25) is 0 Å². The highest BCUT2D eigenvalue weighted by Gasteiger charge is 2.33. The smallest absolute Gasteiger partial charge is 0.262 e. The predicted molar refractivity (Wildman–Crippen MR) is 113 cm³/mol. The maximum absolute atomic E-state index is 13.2. The topological polar surface area (TPSA) is 35.9 Å². The molecule has 3 aromatic carbocycles. The Kier molecular flexibility index (Phi) is 5.20. The van der Waals surface area contributed by atoms with E-state index < -0.39 is 0 Å². The van der Waals surface area contributed by atoms with E-state index in [9.17, 15) is 4.79 Å². The van der Waals surface area contributed by atoms with Gasteiger partial charge in [-0.25, -0.2) is 5.01 Å². The molecule has 0 saturated heterocycles. The summed E-state index contributed by atoms with van der Waals surface area (Å²) in [5.74, 6) is -0.00821. The van der Waals surface area contributed by atoms with Gasteiger partial charge >= 0.3 is 0 Å². The summed E-state index contributed by atoms with van der Waals surface area (Å²) in [5, 5.41) is 6.40. The van der Waals surface area contributed by atoms with Crippen molar-refractivity contribution in [2.75, 3.05) is 18.5 Å². The van der Waals surface area contributed by atoms with Gasteiger partial charge in [-0.1, -0.05) is 78.9 Å². The molecule has 28 heavy (non-hydrogen) atoms. The van der Waals surface area contributed by atoms with Gasteiger partial charge in [0.25, 0.3) is 5.91 Å². The number of rotatable bonds is 5. The van der Waals surface area contributed by atoms with E-state index in [1.165, 1.54) is 0 Å². The number of anilines is 1. The summed E-state index contributed by atoms with van der Waals surface area (Å²) in [6, 6.07) is 30.1. The van der Waals surface area contributed by atoms with Gasteiger partial charge < -0.3 is 4.90 Å². The lowest BCUT2D eigenvalue weighted by Gasteiger charge is -2.25. The van der Waals surface area contributed by atoms with Crippen molar-refractivity contribution < 1.29 is 4.79 Å². The number of para-hydroxylation sites is 1. The Morgan fingerprint density at radius 1 is 0.929 bits per heavy atom. The molecule has 1 atom stereocenters. The lowest BCUT2D eigenvalue weighted by Crippen LogP contribution is -2.36. The average Bonchev–Trinajstić information content (AvgIpc) is 3.21. The molecule has 1 aliphatic heterocycles. The van der Waals surface area contributed by atoms with Crippen LogP contribution in [0.1, 0.15) is 23.6 Å². The predicted octanol–water partition coefficient (Wildman–Crippen LogP) is 4.50. The van der Waals surface area contributed by atoms with Crippen molar-refractivity contribution in [3.05, 3.63) is 102 Å². The Hall–Kier alpha value is -3.40.